The SMILES string of the molecule is O=C(Cc1ccc(Cl)cc1)NCCc1nc2ccccc2n1CCOc1ccccc1. The lowest BCUT2D eigenvalue weighted by Crippen LogP contribution is -2.28. The molecule has 0 saturated carbocycles. The first-order valence-corrected chi connectivity index (χ1v) is 10.7. The summed E-state index contributed by atoms with van der Waals surface area (Å²) in [4.78, 5) is 17.1. The molecule has 1 aromatic heterocycles. The van der Waals surface area contributed by atoms with Crippen molar-refractivity contribution in [1.82, 2.24) is 14.9 Å². The smallest absolute Gasteiger partial charge is 0.224 e. The lowest BCUT2D eigenvalue weighted by atomic mass is 10.1. The number of nitrogens with one attached hydrogen (secondary N) is 1. The number of aromatic nitrogens is 2. The van der Waals surface area contributed by atoms with Crippen LogP contribution in [0.4, 0.5) is 0 Å². The zero-order chi connectivity index (χ0) is 21.5. The van der Waals surface area contributed by atoms with Crippen LogP contribution in [-0.4, -0.2) is 28.6 Å². The summed E-state index contributed by atoms with van der Waals surface area (Å²) in [7, 11) is 0. The molecule has 3 aromatic carbocycles. The second-order valence-corrected chi connectivity index (χ2v) is 7.67. The van der Waals surface area contributed by atoms with Crippen LogP contribution < -0.4 is 10.1 Å². The molecule has 0 fully saturated rings. The Morgan fingerprint density at radius 1 is 0.968 bits per heavy atom. The highest BCUT2D eigenvalue weighted by atomic mass is 35.5. The zero-order valence-electron chi connectivity index (χ0n) is 17.1. The standard InChI is InChI=1S/C25H24ClN3O2/c26-20-12-10-19(11-13-20)18-25(30)27-15-14-24-28-22-8-4-5-9-23(22)29(24)16-17-31-21-6-2-1-3-7-21/h1-13H,14-18H2,(H,27,30). The Bertz CT molecular complexity index is 1140. The van der Waals surface area contributed by atoms with Crippen molar-refractivity contribution in [3.05, 3.63) is 95.3 Å². The molecule has 0 bridgehead atoms. The normalized spacial score (nSPS) is 10.9. The molecule has 31 heavy (non-hydrogen) atoms. The largest absolute Gasteiger partial charge is 0.492 e. The van der Waals surface area contributed by atoms with E-state index in [4.69, 9.17) is 21.3 Å². The maximum Gasteiger partial charge on any atom is 0.224 e. The number of fused-ring (bicyclic) bond motifs is 1. The second-order valence-electron chi connectivity index (χ2n) is 7.23. The van der Waals surface area contributed by atoms with Gasteiger partial charge in [-0.05, 0) is 42.0 Å². The predicted octanol–water partition coefficient (Wildman–Crippen LogP) is 4.67. The van der Waals surface area contributed by atoms with E-state index in [1.165, 1.54) is 0 Å². The highest BCUT2D eigenvalue weighted by molar-refractivity contribution is 6.30. The summed E-state index contributed by atoms with van der Waals surface area (Å²) in [6.45, 7) is 1.75. The molecule has 0 saturated heterocycles. The summed E-state index contributed by atoms with van der Waals surface area (Å²) in [5.41, 5.74) is 2.96. The average molecular weight is 434 g/mol. The highest BCUT2D eigenvalue weighted by Gasteiger charge is 2.11. The van der Waals surface area contributed by atoms with E-state index >= 15 is 0 Å². The molecular weight excluding hydrogens is 410 g/mol. The van der Waals surface area contributed by atoms with Crippen LogP contribution in [0.15, 0.2) is 78.9 Å². The van der Waals surface area contributed by atoms with Crippen LogP contribution >= 0.6 is 11.6 Å². The van der Waals surface area contributed by atoms with Crippen molar-refractivity contribution in [3.8, 4) is 5.75 Å². The first kappa shape index (κ1) is 20.9. The van der Waals surface area contributed by atoms with Crippen molar-refractivity contribution < 1.29 is 9.53 Å². The Kier molecular flexibility index (Phi) is 6.85. The monoisotopic (exact) mass is 433 g/mol. The van der Waals surface area contributed by atoms with E-state index in [2.05, 4.69) is 16.0 Å². The summed E-state index contributed by atoms with van der Waals surface area (Å²) < 4.78 is 8.04. The molecule has 0 aliphatic rings. The Balaban J connectivity index is 1.36. The number of hydrogen-bond acceptors (Lipinski definition) is 3. The van der Waals surface area contributed by atoms with E-state index in [0.717, 1.165) is 28.2 Å². The molecular formula is C25H24ClN3O2. The van der Waals surface area contributed by atoms with Crippen LogP contribution in [-0.2, 0) is 24.2 Å². The van der Waals surface area contributed by atoms with Gasteiger partial charge in [-0.1, -0.05) is 54.1 Å². The average Bonchev–Trinajstić information content (AvgIpc) is 3.14. The predicted molar refractivity (Wildman–Crippen MR) is 124 cm³/mol. The van der Waals surface area contributed by atoms with Gasteiger partial charge in [-0.2, -0.15) is 0 Å². The van der Waals surface area contributed by atoms with Gasteiger partial charge in [0.1, 0.15) is 18.2 Å². The summed E-state index contributed by atoms with van der Waals surface area (Å²) in [6, 6.07) is 25.2. The first-order valence-electron chi connectivity index (χ1n) is 10.3. The number of rotatable bonds is 9. The molecule has 0 radical (unpaired) electrons. The van der Waals surface area contributed by atoms with Crippen LogP contribution in [0.1, 0.15) is 11.4 Å². The number of imidazole rings is 1. The van der Waals surface area contributed by atoms with Crippen molar-refractivity contribution in [2.24, 2.45) is 0 Å². The van der Waals surface area contributed by atoms with Crippen molar-refractivity contribution >= 4 is 28.5 Å². The van der Waals surface area contributed by atoms with E-state index < -0.39 is 0 Å². The number of para-hydroxylation sites is 3. The number of benzene rings is 3. The minimum Gasteiger partial charge on any atom is -0.492 e. The van der Waals surface area contributed by atoms with E-state index in [9.17, 15) is 4.79 Å². The topological polar surface area (TPSA) is 56.2 Å². The Labute approximate surface area is 186 Å². The van der Waals surface area contributed by atoms with Gasteiger partial charge in [0.05, 0.1) is 24.0 Å². The molecule has 1 amide bonds. The molecule has 0 spiro atoms. The summed E-state index contributed by atoms with van der Waals surface area (Å²) in [5.74, 6) is 1.77. The van der Waals surface area contributed by atoms with Gasteiger partial charge < -0.3 is 14.6 Å². The van der Waals surface area contributed by atoms with Gasteiger partial charge >= 0.3 is 0 Å². The lowest BCUT2D eigenvalue weighted by Gasteiger charge is -2.11. The third-order valence-electron chi connectivity index (χ3n) is 5.01. The van der Waals surface area contributed by atoms with Gasteiger partial charge in [-0.25, -0.2) is 4.98 Å². The van der Waals surface area contributed by atoms with Gasteiger partial charge in [0.25, 0.3) is 0 Å². The fraction of sp³-hybridized carbons (Fsp3) is 0.200. The molecule has 158 valence electrons. The molecule has 6 heteroatoms. The van der Waals surface area contributed by atoms with Crippen molar-refractivity contribution in [2.45, 2.75) is 19.4 Å². The fourth-order valence-electron chi connectivity index (χ4n) is 3.50. The molecule has 5 nitrogen and oxygen atoms in total. The van der Waals surface area contributed by atoms with Gasteiger partial charge in [-0.3, -0.25) is 4.79 Å². The van der Waals surface area contributed by atoms with E-state index in [1.54, 1.807) is 12.1 Å². The Morgan fingerprint density at radius 3 is 2.52 bits per heavy atom. The number of ether oxygens (including phenoxy) is 1. The molecule has 0 unspecified atom stereocenters. The number of nitrogens with zero attached hydrogens (tertiary/aromatic N) is 2. The van der Waals surface area contributed by atoms with Crippen molar-refractivity contribution in [3.63, 3.8) is 0 Å². The minimum atomic E-state index is -0.0163. The number of halogens is 1. The second kappa shape index (κ2) is 10.1. The lowest BCUT2D eigenvalue weighted by molar-refractivity contribution is -0.120. The molecule has 0 aliphatic carbocycles. The fourth-order valence-corrected chi connectivity index (χ4v) is 3.63. The molecule has 4 aromatic rings. The van der Waals surface area contributed by atoms with Crippen LogP contribution in [0, 0.1) is 0 Å². The van der Waals surface area contributed by atoms with Crippen LogP contribution in [0.5, 0.6) is 5.75 Å². The van der Waals surface area contributed by atoms with Gasteiger partial charge in [0.2, 0.25) is 5.91 Å². The molecule has 1 heterocycles. The quantitative estimate of drug-likeness (QED) is 0.417. The van der Waals surface area contributed by atoms with Crippen LogP contribution in [0.25, 0.3) is 11.0 Å². The van der Waals surface area contributed by atoms with Crippen molar-refractivity contribution in [1.29, 1.82) is 0 Å². The van der Waals surface area contributed by atoms with Crippen LogP contribution in [0.3, 0.4) is 0 Å². The Morgan fingerprint density at radius 2 is 1.71 bits per heavy atom. The Hall–Kier alpha value is -3.31. The maximum atomic E-state index is 12.3. The van der Waals surface area contributed by atoms with Gasteiger partial charge in [0.15, 0.2) is 0 Å². The van der Waals surface area contributed by atoms with E-state index in [0.29, 0.717) is 37.6 Å². The summed E-state index contributed by atoms with van der Waals surface area (Å²) in [5, 5.41) is 3.66. The molecule has 4 rings (SSSR count). The molecule has 1 N–H and O–H groups in total. The van der Waals surface area contributed by atoms with Crippen LogP contribution in [0.2, 0.25) is 5.02 Å². The van der Waals surface area contributed by atoms with E-state index in [-0.39, 0.29) is 5.91 Å². The van der Waals surface area contributed by atoms with Gasteiger partial charge in [-0.15, -0.1) is 0 Å². The number of carbonyl (C=O) groups excluding carboxylic acids is 1. The third-order valence-corrected chi connectivity index (χ3v) is 5.26. The van der Waals surface area contributed by atoms with Gasteiger partial charge in [0, 0.05) is 18.0 Å². The maximum absolute atomic E-state index is 12.3. The number of amides is 1. The van der Waals surface area contributed by atoms with Crippen molar-refractivity contribution in [2.75, 3.05) is 13.2 Å². The summed E-state index contributed by atoms with van der Waals surface area (Å²) >= 11 is 5.90. The zero-order valence-corrected chi connectivity index (χ0v) is 17.9. The third kappa shape index (κ3) is 5.64. The minimum absolute atomic E-state index is 0.0163. The highest BCUT2D eigenvalue weighted by Crippen LogP contribution is 2.17. The first-order chi connectivity index (χ1) is 15.2. The molecule has 0 atom stereocenters. The summed E-state index contributed by atoms with van der Waals surface area (Å²) in [6.07, 6.45) is 0.977. The van der Waals surface area contributed by atoms with E-state index in [1.807, 2.05) is 60.7 Å². The number of carbonyl (C=O) groups is 1. The molecule has 0 aliphatic heterocycles. The number of hydrogen-bond donors (Lipinski definition) is 1.